The third-order valence-electron chi connectivity index (χ3n) is 3.40. The normalized spacial score (nSPS) is 10.1. The van der Waals surface area contributed by atoms with Gasteiger partial charge in [-0.1, -0.05) is 60.7 Å². The zero-order valence-electron chi connectivity index (χ0n) is 12.6. The Morgan fingerprint density at radius 1 is 0.783 bits per heavy atom. The van der Waals surface area contributed by atoms with Gasteiger partial charge >= 0.3 is 0 Å². The van der Waals surface area contributed by atoms with Gasteiger partial charge in [-0.2, -0.15) is 0 Å². The Balaban J connectivity index is 1.73. The second-order valence-corrected chi connectivity index (χ2v) is 5.09. The molecule has 0 bridgehead atoms. The van der Waals surface area contributed by atoms with Crippen LogP contribution in [0.3, 0.4) is 0 Å². The minimum atomic E-state index is -0.181. The van der Waals surface area contributed by atoms with E-state index in [1.54, 1.807) is 6.07 Å². The van der Waals surface area contributed by atoms with Crippen LogP contribution in [-0.2, 0) is 6.61 Å². The predicted molar refractivity (Wildman–Crippen MR) is 91.6 cm³/mol. The summed E-state index contributed by atoms with van der Waals surface area (Å²) in [4.78, 5) is 12.5. The maximum Gasteiger partial charge on any atom is 0.259 e. The molecule has 0 aliphatic heterocycles. The average Bonchev–Trinajstić information content (AvgIpc) is 2.62. The second kappa shape index (κ2) is 7.27. The van der Waals surface area contributed by atoms with Crippen LogP contribution in [0.15, 0.2) is 84.9 Å². The Morgan fingerprint density at radius 2 is 1.39 bits per heavy atom. The summed E-state index contributed by atoms with van der Waals surface area (Å²) in [5.74, 6) is 0.393. The molecule has 3 heteroatoms. The molecule has 0 fully saturated rings. The lowest BCUT2D eigenvalue weighted by Gasteiger charge is -2.12. The highest BCUT2D eigenvalue weighted by Crippen LogP contribution is 2.21. The van der Waals surface area contributed by atoms with Crippen LogP contribution >= 0.6 is 0 Å². The van der Waals surface area contributed by atoms with Gasteiger partial charge in [-0.05, 0) is 29.8 Å². The summed E-state index contributed by atoms with van der Waals surface area (Å²) in [6, 6.07) is 26.5. The molecule has 3 aromatic rings. The van der Waals surface area contributed by atoms with Crippen LogP contribution < -0.4 is 10.1 Å². The number of benzene rings is 3. The lowest BCUT2D eigenvalue weighted by Crippen LogP contribution is -2.13. The molecule has 0 atom stereocenters. The van der Waals surface area contributed by atoms with Gasteiger partial charge < -0.3 is 10.1 Å². The van der Waals surface area contributed by atoms with Gasteiger partial charge in [0.15, 0.2) is 0 Å². The SMILES string of the molecule is O=C(Nc1ccccc1)c1ccccc1OCc1ccccc1. The van der Waals surface area contributed by atoms with Crippen molar-refractivity contribution >= 4 is 11.6 Å². The molecular formula is C20H17NO2. The number of ether oxygens (including phenoxy) is 1. The van der Waals surface area contributed by atoms with Gasteiger partial charge in [-0.3, -0.25) is 4.79 Å². The zero-order chi connectivity index (χ0) is 15.9. The summed E-state index contributed by atoms with van der Waals surface area (Å²) in [6.45, 7) is 0.427. The summed E-state index contributed by atoms with van der Waals surface area (Å²) in [5, 5.41) is 2.88. The zero-order valence-corrected chi connectivity index (χ0v) is 12.6. The molecule has 0 aromatic heterocycles. The standard InChI is InChI=1S/C20H17NO2/c22-20(21-17-11-5-2-6-12-17)18-13-7-8-14-19(18)23-15-16-9-3-1-4-10-16/h1-14H,15H2,(H,21,22). The lowest BCUT2D eigenvalue weighted by atomic mass is 10.1. The highest BCUT2D eigenvalue weighted by atomic mass is 16.5. The molecule has 3 rings (SSSR count). The van der Waals surface area contributed by atoms with Crippen LogP contribution in [-0.4, -0.2) is 5.91 Å². The molecular weight excluding hydrogens is 286 g/mol. The summed E-state index contributed by atoms with van der Waals surface area (Å²) < 4.78 is 5.82. The van der Waals surface area contributed by atoms with E-state index < -0.39 is 0 Å². The fourth-order valence-electron chi connectivity index (χ4n) is 2.24. The van der Waals surface area contributed by atoms with E-state index in [0.717, 1.165) is 11.3 Å². The van der Waals surface area contributed by atoms with E-state index in [-0.39, 0.29) is 5.91 Å². The first-order valence-corrected chi connectivity index (χ1v) is 7.45. The van der Waals surface area contributed by atoms with Crippen LogP contribution in [0.25, 0.3) is 0 Å². The smallest absolute Gasteiger partial charge is 0.259 e. The predicted octanol–water partition coefficient (Wildman–Crippen LogP) is 4.52. The Kier molecular flexibility index (Phi) is 4.69. The largest absolute Gasteiger partial charge is 0.488 e. The Bertz CT molecular complexity index is 770. The first kappa shape index (κ1) is 14.9. The monoisotopic (exact) mass is 303 g/mol. The van der Waals surface area contributed by atoms with Crippen molar-refractivity contribution < 1.29 is 9.53 Å². The number of nitrogens with one attached hydrogen (secondary N) is 1. The van der Waals surface area contributed by atoms with E-state index in [4.69, 9.17) is 4.74 Å². The van der Waals surface area contributed by atoms with E-state index in [0.29, 0.717) is 17.9 Å². The first-order chi connectivity index (χ1) is 11.3. The topological polar surface area (TPSA) is 38.3 Å². The third-order valence-corrected chi connectivity index (χ3v) is 3.40. The molecule has 1 amide bonds. The number of rotatable bonds is 5. The molecule has 3 aromatic carbocycles. The Morgan fingerprint density at radius 3 is 2.13 bits per heavy atom. The molecule has 0 saturated carbocycles. The van der Waals surface area contributed by atoms with E-state index in [1.807, 2.05) is 78.9 Å². The number of carbonyl (C=O) groups is 1. The number of hydrogen-bond donors (Lipinski definition) is 1. The van der Waals surface area contributed by atoms with Crippen molar-refractivity contribution in [1.29, 1.82) is 0 Å². The molecule has 1 N–H and O–H groups in total. The van der Waals surface area contributed by atoms with Gasteiger partial charge in [0, 0.05) is 5.69 Å². The molecule has 0 unspecified atom stereocenters. The average molecular weight is 303 g/mol. The van der Waals surface area contributed by atoms with Crippen molar-refractivity contribution in [3.8, 4) is 5.75 Å². The van der Waals surface area contributed by atoms with Crippen molar-refractivity contribution in [3.63, 3.8) is 0 Å². The molecule has 3 nitrogen and oxygen atoms in total. The van der Waals surface area contributed by atoms with Gasteiger partial charge in [0.2, 0.25) is 0 Å². The summed E-state index contributed by atoms with van der Waals surface area (Å²) in [7, 11) is 0. The van der Waals surface area contributed by atoms with Crippen molar-refractivity contribution in [2.45, 2.75) is 6.61 Å². The quantitative estimate of drug-likeness (QED) is 0.752. The summed E-state index contributed by atoms with van der Waals surface area (Å²) >= 11 is 0. The van der Waals surface area contributed by atoms with E-state index in [2.05, 4.69) is 5.32 Å². The number of para-hydroxylation sites is 2. The first-order valence-electron chi connectivity index (χ1n) is 7.45. The van der Waals surface area contributed by atoms with Crippen molar-refractivity contribution in [3.05, 3.63) is 96.1 Å². The van der Waals surface area contributed by atoms with E-state index >= 15 is 0 Å². The van der Waals surface area contributed by atoms with Gasteiger partial charge in [0.25, 0.3) is 5.91 Å². The van der Waals surface area contributed by atoms with Crippen LogP contribution in [0.2, 0.25) is 0 Å². The number of amides is 1. The molecule has 23 heavy (non-hydrogen) atoms. The number of anilines is 1. The minimum absolute atomic E-state index is 0.181. The van der Waals surface area contributed by atoms with Crippen molar-refractivity contribution in [2.24, 2.45) is 0 Å². The van der Waals surface area contributed by atoms with Gasteiger partial charge in [-0.25, -0.2) is 0 Å². The fourth-order valence-corrected chi connectivity index (χ4v) is 2.24. The minimum Gasteiger partial charge on any atom is -0.488 e. The van der Waals surface area contributed by atoms with Gasteiger partial charge in [-0.15, -0.1) is 0 Å². The van der Waals surface area contributed by atoms with Crippen molar-refractivity contribution in [2.75, 3.05) is 5.32 Å². The Hall–Kier alpha value is -3.07. The maximum atomic E-state index is 12.5. The lowest BCUT2D eigenvalue weighted by molar-refractivity contribution is 0.102. The highest BCUT2D eigenvalue weighted by molar-refractivity contribution is 6.06. The van der Waals surface area contributed by atoms with E-state index in [9.17, 15) is 4.79 Å². The summed E-state index contributed by atoms with van der Waals surface area (Å²) in [5.41, 5.74) is 2.34. The molecule has 0 radical (unpaired) electrons. The molecule has 0 aliphatic carbocycles. The van der Waals surface area contributed by atoms with Crippen LogP contribution in [0.1, 0.15) is 15.9 Å². The Labute approximate surface area is 135 Å². The molecule has 0 heterocycles. The van der Waals surface area contributed by atoms with Crippen LogP contribution in [0.5, 0.6) is 5.75 Å². The maximum absolute atomic E-state index is 12.5. The molecule has 114 valence electrons. The number of carbonyl (C=O) groups excluding carboxylic acids is 1. The van der Waals surface area contributed by atoms with Gasteiger partial charge in [0.1, 0.15) is 12.4 Å². The highest BCUT2D eigenvalue weighted by Gasteiger charge is 2.12. The van der Waals surface area contributed by atoms with Gasteiger partial charge in [0.05, 0.1) is 5.56 Å². The summed E-state index contributed by atoms with van der Waals surface area (Å²) in [6.07, 6.45) is 0. The van der Waals surface area contributed by atoms with Crippen LogP contribution in [0, 0.1) is 0 Å². The van der Waals surface area contributed by atoms with E-state index in [1.165, 1.54) is 0 Å². The third kappa shape index (κ3) is 3.98. The molecule has 0 aliphatic rings. The second-order valence-electron chi connectivity index (χ2n) is 5.09. The van der Waals surface area contributed by atoms with Crippen molar-refractivity contribution in [1.82, 2.24) is 0 Å². The fraction of sp³-hybridized carbons (Fsp3) is 0.0500. The number of hydrogen-bond acceptors (Lipinski definition) is 2. The molecule has 0 spiro atoms. The van der Waals surface area contributed by atoms with Crippen LogP contribution in [0.4, 0.5) is 5.69 Å². The molecule has 0 saturated heterocycles.